The second-order valence-corrected chi connectivity index (χ2v) is 4.03. The molecule has 0 heteroatoms. The van der Waals surface area contributed by atoms with Gasteiger partial charge in [0, 0.05) is 0 Å². The summed E-state index contributed by atoms with van der Waals surface area (Å²) < 4.78 is 0. The molecular weight excluding hydrogens is 168 g/mol. The van der Waals surface area contributed by atoms with E-state index >= 15 is 0 Å². The lowest BCUT2D eigenvalue weighted by Gasteiger charge is -2.13. The first-order chi connectivity index (χ1) is 6.85. The molecule has 0 spiro atoms. The molecule has 0 rings (SSSR count). The van der Waals surface area contributed by atoms with E-state index in [4.69, 9.17) is 0 Å². The fourth-order valence-electron chi connectivity index (χ4n) is 1.80. The van der Waals surface area contributed by atoms with Crippen molar-refractivity contribution >= 4 is 0 Å². The van der Waals surface area contributed by atoms with E-state index in [1.807, 2.05) is 6.08 Å². The van der Waals surface area contributed by atoms with Gasteiger partial charge in [0.15, 0.2) is 0 Å². The Morgan fingerprint density at radius 2 is 1.86 bits per heavy atom. The van der Waals surface area contributed by atoms with Crippen molar-refractivity contribution in [3.05, 3.63) is 26.0 Å². The predicted octanol–water partition coefficient (Wildman–Crippen LogP) is 4.97. The van der Waals surface area contributed by atoms with Crippen LogP contribution < -0.4 is 0 Å². The van der Waals surface area contributed by atoms with E-state index in [-0.39, 0.29) is 0 Å². The molecule has 1 unspecified atom stereocenters. The molecule has 0 fully saturated rings. The van der Waals surface area contributed by atoms with Crippen LogP contribution in [0.4, 0.5) is 0 Å². The van der Waals surface area contributed by atoms with E-state index in [2.05, 4.69) is 26.8 Å². The van der Waals surface area contributed by atoms with E-state index < -0.39 is 0 Å². The summed E-state index contributed by atoms with van der Waals surface area (Å²) in [5.41, 5.74) is 0. The lowest BCUT2D eigenvalue weighted by Crippen LogP contribution is -1.98. The maximum Gasteiger partial charge on any atom is -0.0316 e. The first-order valence-corrected chi connectivity index (χ1v) is 6.08. The van der Waals surface area contributed by atoms with Crippen molar-refractivity contribution in [3.8, 4) is 0 Å². The Hall–Kier alpha value is -0.260. The summed E-state index contributed by atoms with van der Waals surface area (Å²) in [4.78, 5) is 0. The highest BCUT2D eigenvalue weighted by molar-refractivity contribution is 4.83. The van der Waals surface area contributed by atoms with E-state index in [1.54, 1.807) is 0 Å². The third-order valence-corrected chi connectivity index (χ3v) is 2.84. The van der Waals surface area contributed by atoms with Crippen LogP contribution in [-0.4, -0.2) is 0 Å². The summed E-state index contributed by atoms with van der Waals surface area (Å²) in [6, 6.07) is 0. The minimum atomic E-state index is 0.945. The summed E-state index contributed by atoms with van der Waals surface area (Å²) in [5.74, 6) is 0.945. The molecule has 0 aliphatic heterocycles. The van der Waals surface area contributed by atoms with Crippen LogP contribution in [0, 0.1) is 19.8 Å². The third-order valence-electron chi connectivity index (χ3n) is 2.84. The van der Waals surface area contributed by atoms with Crippen molar-refractivity contribution < 1.29 is 0 Å². The Balaban J connectivity index is 3.32. The van der Waals surface area contributed by atoms with Gasteiger partial charge >= 0.3 is 0 Å². The molecule has 2 radical (unpaired) electrons. The van der Waals surface area contributed by atoms with Gasteiger partial charge in [-0.1, -0.05) is 64.5 Å². The standard InChI is InChI=1S/C14H26/c1-4-7-9-10-11-13-14(6-3)12-8-5-2/h4,7,14H,1-2,5-6,8-13H2,3H3/b7-4+. The Morgan fingerprint density at radius 1 is 1.14 bits per heavy atom. The Morgan fingerprint density at radius 3 is 2.43 bits per heavy atom. The second kappa shape index (κ2) is 10.8. The van der Waals surface area contributed by atoms with E-state index in [0.717, 1.165) is 12.3 Å². The van der Waals surface area contributed by atoms with Gasteiger partial charge in [0.1, 0.15) is 0 Å². The van der Waals surface area contributed by atoms with Crippen LogP contribution >= 0.6 is 0 Å². The largest absolute Gasteiger partial charge is 0.0885 e. The van der Waals surface area contributed by atoms with Gasteiger partial charge in [0.25, 0.3) is 0 Å². The predicted molar refractivity (Wildman–Crippen MR) is 66.0 cm³/mol. The molecule has 0 nitrogen and oxygen atoms in total. The lowest BCUT2D eigenvalue weighted by molar-refractivity contribution is 0.408. The molecule has 0 saturated heterocycles. The molecule has 0 aromatic rings. The van der Waals surface area contributed by atoms with E-state index in [1.165, 1.54) is 44.9 Å². The van der Waals surface area contributed by atoms with Gasteiger partial charge < -0.3 is 0 Å². The van der Waals surface area contributed by atoms with Gasteiger partial charge in [-0.15, -0.1) is 0 Å². The van der Waals surface area contributed by atoms with Crippen molar-refractivity contribution in [2.24, 2.45) is 5.92 Å². The van der Waals surface area contributed by atoms with Crippen LogP contribution in [0.15, 0.2) is 12.2 Å². The average Bonchev–Trinajstić information content (AvgIpc) is 2.22. The van der Waals surface area contributed by atoms with Gasteiger partial charge in [-0.05, 0) is 25.7 Å². The highest BCUT2D eigenvalue weighted by atomic mass is 14.1. The zero-order chi connectivity index (χ0) is 10.6. The maximum absolute atomic E-state index is 3.90. The summed E-state index contributed by atoms with van der Waals surface area (Å²) >= 11 is 0. The highest BCUT2D eigenvalue weighted by Gasteiger charge is 2.04. The van der Waals surface area contributed by atoms with E-state index in [9.17, 15) is 0 Å². The van der Waals surface area contributed by atoms with Crippen LogP contribution in [-0.2, 0) is 0 Å². The summed E-state index contributed by atoms with van der Waals surface area (Å²) in [5, 5.41) is 0. The minimum absolute atomic E-state index is 0.945. The number of rotatable bonds is 9. The SMILES string of the molecule is [CH2]/C=C/CCCCC(CC)CCC[CH2]. The average molecular weight is 194 g/mol. The maximum atomic E-state index is 3.90. The lowest BCUT2D eigenvalue weighted by atomic mass is 9.93. The van der Waals surface area contributed by atoms with Crippen molar-refractivity contribution in [2.75, 3.05) is 0 Å². The van der Waals surface area contributed by atoms with Crippen molar-refractivity contribution in [1.29, 1.82) is 0 Å². The molecule has 0 aromatic heterocycles. The number of allylic oxidation sites excluding steroid dienone is 2. The first kappa shape index (κ1) is 13.7. The molecule has 0 aromatic carbocycles. The Labute approximate surface area is 90.8 Å². The zero-order valence-electron chi connectivity index (χ0n) is 9.80. The van der Waals surface area contributed by atoms with Crippen molar-refractivity contribution in [3.63, 3.8) is 0 Å². The quantitative estimate of drug-likeness (QED) is 0.455. The Bertz CT molecular complexity index is 124. The third kappa shape index (κ3) is 8.34. The van der Waals surface area contributed by atoms with Gasteiger partial charge in [-0.25, -0.2) is 0 Å². The smallest absolute Gasteiger partial charge is 0.0316 e. The molecule has 0 N–H and O–H groups in total. The molecule has 1 atom stereocenters. The normalized spacial score (nSPS) is 13.6. The van der Waals surface area contributed by atoms with Crippen molar-refractivity contribution in [1.82, 2.24) is 0 Å². The fourth-order valence-corrected chi connectivity index (χ4v) is 1.80. The van der Waals surface area contributed by atoms with Gasteiger partial charge in [-0.3, -0.25) is 0 Å². The van der Waals surface area contributed by atoms with E-state index in [0.29, 0.717) is 0 Å². The monoisotopic (exact) mass is 194 g/mol. The van der Waals surface area contributed by atoms with Gasteiger partial charge in [0.2, 0.25) is 0 Å². The molecule has 0 saturated carbocycles. The summed E-state index contributed by atoms with van der Waals surface area (Å²) in [6.45, 7) is 9.89. The van der Waals surface area contributed by atoms with Crippen LogP contribution in [0.3, 0.4) is 0 Å². The molecule has 0 aliphatic rings. The highest BCUT2D eigenvalue weighted by Crippen LogP contribution is 2.19. The fraction of sp³-hybridized carbons (Fsp3) is 0.714. The topological polar surface area (TPSA) is 0 Å². The number of hydrogen-bond donors (Lipinski definition) is 0. The Kier molecular flexibility index (Phi) is 10.6. The molecule has 0 amide bonds. The molecule has 14 heavy (non-hydrogen) atoms. The molecule has 0 aliphatic carbocycles. The molecular formula is C14H26. The zero-order valence-corrected chi connectivity index (χ0v) is 9.80. The van der Waals surface area contributed by atoms with Gasteiger partial charge in [0.05, 0.1) is 0 Å². The molecule has 0 bridgehead atoms. The molecule has 0 heterocycles. The first-order valence-electron chi connectivity index (χ1n) is 6.08. The second-order valence-electron chi connectivity index (χ2n) is 4.03. The summed E-state index contributed by atoms with van der Waals surface area (Å²) in [6.07, 6.45) is 14.5. The van der Waals surface area contributed by atoms with Crippen LogP contribution in [0.1, 0.15) is 58.3 Å². The minimum Gasteiger partial charge on any atom is -0.0885 e. The van der Waals surface area contributed by atoms with Gasteiger partial charge in [-0.2, -0.15) is 0 Å². The molecule has 82 valence electrons. The number of hydrogen-bond acceptors (Lipinski definition) is 0. The van der Waals surface area contributed by atoms with Crippen LogP contribution in [0.5, 0.6) is 0 Å². The van der Waals surface area contributed by atoms with Crippen LogP contribution in [0.2, 0.25) is 0 Å². The summed E-state index contributed by atoms with van der Waals surface area (Å²) in [7, 11) is 0. The number of unbranched alkanes of at least 4 members (excludes halogenated alkanes) is 3. The van der Waals surface area contributed by atoms with Crippen molar-refractivity contribution in [2.45, 2.75) is 58.3 Å². The van der Waals surface area contributed by atoms with Crippen LogP contribution in [0.25, 0.3) is 0 Å².